The molecule has 0 aliphatic rings. The molecular weight excluding hydrogens is 286 g/mol. The Kier molecular flexibility index (Phi) is 5.06. The highest BCUT2D eigenvalue weighted by molar-refractivity contribution is 5.60. The van der Waals surface area contributed by atoms with Gasteiger partial charge in [0.1, 0.15) is 5.75 Å². The van der Waals surface area contributed by atoms with Crippen LogP contribution in [0.2, 0.25) is 0 Å². The number of ether oxygens (including phenoxy) is 1. The molecule has 4 heteroatoms. The summed E-state index contributed by atoms with van der Waals surface area (Å²) in [5.41, 5.74) is 9.82. The Balaban J connectivity index is 1.49. The van der Waals surface area contributed by atoms with E-state index in [1.807, 2.05) is 36.4 Å². The highest BCUT2D eigenvalue weighted by Crippen LogP contribution is 2.21. The predicted molar refractivity (Wildman–Crippen MR) is 92.2 cm³/mol. The normalized spacial score (nSPS) is 10.7. The van der Waals surface area contributed by atoms with E-state index >= 15 is 0 Å². The maximum atomic E-state index is 5.80. The number of nitrogens with zero attached hydrogens (tertiary/aromatic N) is 1. The summed E-state index contributed by atoms with van der Waals surface area (Å²) in [6, 6.07) is 20.4. The Morgan fingerprint density at radius 3 is 2.48 bits per heavy atom. The van der Waals surface area contributed by atoms with Crippen molar-refractivity contribution in [2.24, 2.45) is 5.73 Å². The Morgan fingerprint density at radius 1 is 1.00 bits per heavy atom. The molecule has 23 heavy (non-hydrogen) atoms. The van der Waals surface area contributed by atoms with E-state index < -0.39 is 0 Å². The first-order valence-corrected chi connectivity index (χ1v) is 7.86. The van der Waals surface area contributed by atoms with E-state index in [0.717, 1.165) is 35.5 Å². The SMILES string of the molecule is NCc1cc(-c2ccc(OCCCc3ccccc3)cc2)n[nH]1. The van der Waals surface area contributed by atoms with Gasteiger partial charge in [-0.1, -0.05) is 30.3 Å². The van der Waals surface area contributed by atoms with Crippen molar-refractivity contribution in [3.63, 3.8) is 0 Å². The molecule has 0 unspecified atom stereocenters. The lowest BCUT2D eigenvalue weighted by molar-refractivity contribution is 0.311. The molecule has 3 rings (SSSR count). The van der Waals surface area contributed by atoms with Crippen LogP contribution in [0.1, 0.15) is 17.7 Å². The molecule has 0 bridgehead atoms. The fourth-order valence-electron chi connectivity index (χ4n) is 2.45. The van der Waals surface area contributed by atoms with Crippen molar-refractivity contribution >= 4 is 0 Å². The van der Waals surface area contributed by atoms with E-state index in [1.54, 1.807) is 0 Å². The average Bonchev–Trinajstić information content (AvgIpc) is 3.09. The van der Waals surface area contributed by atoms with Gasteiger partial charge in [-0.25, -0.2) is 0 Å². The quantitative estimate of drug-likeness (QED) is 0.656. The van der Waals surface area contributed by atoms with Crippen molar-refractivity contribution in [3.8, 4) is 17.0 Å². The molecule has 0 saturated carbocycles. The summed E-state index contributed by atoms with van der Waals surface area (Å²) in [6.45, 7) is 1.18. The van der Waals surface area contributed by atoms with E-state index in [-0.39, 0.29) is 0 Å². The summed E-state index contributed by atoms with van der Waals surface area (Å²) in [5, 5.41) is 7.17. The average molecular weight is 307 g/mol. The third-order valence-electron chi connectivity index (χ3n) is 3.72. The van der Waals surface area contributed by atoms with Crippen LogP contribution in [0.25, 0.3) is 11.3 Å². The van der Waals surface area contributed by atoms with Gasteiger partial charge in [0.25, 0.3) is 0 Å². The van der Waals surface area contributed by atoms with E-state index in [2.05, 4.69) is 34.5 Å². The van der Waals surface area contributed by atoms with Crippen molar-refractivity contribution < 1.29 is 4.74 Å². The lowest BCUT2D eigenvalue weighted by Crippen LogP contribution is -1.99. The van der Waals surface area contributed by atoms with Gasteiger partial charge in [-0.2, -0.15) is 5.10 Å². The highest BCUT2D eigenvalue weighted by Gasteiger charge is 2.03. The summed E-state index contributed by atoms with van der Waals surface area (Å²) < 4.78 is 5.80. The fraction of sp³-hybridized carbons (Fsp3) is 0.211. The van der Waals surface area contributed by atoms with E-state index in [4.69, 9.17) is 10.5 Å². The number of aromatic amines is 1. The summed E-state index contributed by atoms with van der Waals surface area (Å²) in [6.07, 6.45) is 2.04. The van der Waals surface area contributed by atoms with Gasteiger partial charge in [-0.15, -0.1) is 0 Å². The standard InChI is InChI=1S/C19H21N3O/c20-14-17-13-19(22-21-17)16-8-10-18(11-9-16)23-12-4-7-15-5-2-1-3-6-15/h1-3,5-6,8-11,13H,4,7,12,14,20H2,(H,21,22). The van der Waals surface area contributed by atoms with Crippen molar-refractivity contribution in [3.05, 3.63) is 71.9 Å². The van der Waals surface area contributed by atoms with E-state index in [9.17, 15) is 0 Å². The number of benzene rings is 2. The van der Waals surface area contributed by atoms with Gasteiger partial charge in [-0.3, -0.25) is 5.10 Å². The summed E-state index contributed by atoms with van der Waals surface area (Å²) in [5.74, 6) is 0.886. The largest absolute Gasteiger partial charge is 0.494 e. The summed E-state index contributed by atoms with van der Waals surface area (Å²) in [7, 11) is 0. The lowest BCUT2D eigenvalue weighted by atomic mass is 10.1. The van der Waals surface area contributed by atoms with Crippen molar-refractivity contribution in [1.82, 2.24) is 10.2 Å². The highest BCUT2D eigenvalue weighted by atomic mass is 16.5. The van der Waals surface area contributed by atoms with Gasteiger partial charge in [0.2, 0.25) is 0 Å². The summed E-state index contributed by atoms with van der Waals surface area (Å²) in [4.78, 5) is 0. The Morgan fingerprint density at radius 2 is 1.78 bits per heavy atom. The Labute approximate surface area is 136 Å². The number of aromatic nitrogens is 2. The number of aryl methyl sites for hydroxylation is 1. The van der Waals surface area contributed by atoms with Crippen LogP contribution in [-0.2, 0) is 13.0 Å². The Bertz CT molecular complexity index is 720. The van der Waals surface area contributed by atoms with Gasteiger partial charge >= 0.3 is 0 Å². The van der Waals surface area contributed by atoms with Crippen LogP contribution >= 0.6 is 0 Å². The zero-order valence-electron chi connectivity index (χ0n) is 13.0. The van der Waals surface area contributed by atoms with E-state index in [1.165, 1.54) is 5.56 Å². The zero-order chi connectivity index (χ0) is 15.9. The van der Waals surface area contributed by atoms with Crippen LogP contribution < -0.4 is 10.5 Å². The molecule has 0 aliphatic carbocycles. The smallest absolute Gasteiger partial charge is 0.119 e. The molecule has 0 atom stereocenters. The minimum absolute atomic E-state index is 0.468. The molecule has 1 heterocycles. The van der Waals surface area contributed by atoms with Crippen molar-refractivity contribution in [1.29, 1.82) is 0 Å². The second-order valence-electron chi connectivity index (χ2n) is 5.44. The minimum Gasteiger partial charge on any atom is -0.494 e. The van der Waals surface area contributed by atoms with Crippen LogP contribution in [0.5, 0.6) is 5.75 Å². The molecule has 0 radical (unpaired) electrons. The zero-order valence-corrected chi connectivity index (χ0v) is 13.0. The molecule has 1 aromatic heterocycles. The molecule has 0 spiro atoms. The molecule has 0 saturated heterocycles. The molecule has 0 amide bonds. The van der Waals surface area contributed by atoms with Gasteiger partial charge in [-0.05, 0) is 48.7 Å². The van der Waals surface area contributed by atoms with Gasteiger partial charge in [0, 0.05) is 17.8 Å². The number of nitrogens with one attached hydrogen (secondary N) is 1. The van der Waals surface area contributed by atoms with Crippen molar-refractivity contribution in [2.45, 2.75) is 19.4 Å². The molecule has 3 aromatic rings. The maximum absolute atomic E-state index is 5.80. The predicted octanol–water partition coefficient (Wildman–Crippen LogP) is 3.55. The summed E-state index contributed by atoms with van der Waals surface area (Å²) >= 11 is 0. The molecule has 4 nitrogen and oxygen atoms in total. The number of hydrogen-bond acceptors (Lipinski definition) is 3. The third kappa shape index (κ3) is 4.20. The van der Waals surface area contributed by atoms with Gasteiger partial charge in [0.15, 0.2) is 0 Å². The fourth-order valence-corrected chi connectivity index (χ4v) is 2.45. The minimum atomic E-state index is 0.468. The van der Waals surface area contributed by atoms with Crippen LogP contribution in [0.15, 0.2) is 60.7 Å². The molecule has 118 valence electrons. The maximum Gasteiger partial charge on any atom is 0.119 e. The second-order valence-corrected chi connectivity index (χ2v) is 5.44. The molecule has 2 aromatic carbocycles. The number of nitrogens with two attached hydrogens (primary N) is 1. The molecule has 0 aliphatic heterocycles. The van der Waals surface area contributed by atoms with Gasteiger partial charge < -0.3 is 10.5 Å². The molecule has 0 fully saturated rings. The Hall–Kier alpha value is -2.59. The second kappa shape index (κ2) is 7.61. The number of hydrogen-bond donors (Lipinski definition) is 2. The third-order valence-corrected chi connectivity index (χ3v) is 3.72. The first-order chi connectivity index (χ1) is 11.3. The van der Waals surface area contributed by atoms with Crippen LogP contribution in [0, 0.1) is 0 Å². The number of rotatable bonds is 7. The first-order valence-electron chi connectivity index (χ1n) is 7.86. The van der Waals surface area contributed by atoms with Crippen LogP contribution in [-0.4, -0.2) is 16.8 Å². The van der Waals surface area contributed by atoms with Crippen LogP contribution in [0.3, 0.4) is 0 Å². The van der Waals surface area contributed by atoms with Crippen LogP contribution in [0.4, 0.5) is 0 Å². The van der Waals surface area contributed by atoms with Crippen molar-refractivity contribution in [2.75, 3.05) is 6.61 Å². The topological polar surface area (TPSA) is 63.9 Å². The lowest BCUT2D eigenvalue weighted by Gasteiger charge is -2.07. The van der Waals surface area contributed by atoms with Gasteiger partial charge in [0.05, 0.1) is 12.3 Å². The number of H-pyrrole nitrogens is 1. The molecule has 3 N–H and O–H groups in total. The molecular formula is C19H21N3O. The van der Waals surface area contributed by atoms with E-state index in [0.29, 0.717) is 13.2 Å². The monoisotopic (exact) mass is 307 g/mol. The first kappa shape index (κ1) is 15.3.